The Morgan fingerprint density at radius 1 is 1.20 bits per heavy atom. The van der Waals surface area contributed by atoms with Gasteiger partial charge in [0.2, 0.25) is 0 Å². The predicted molar refractivity (Wildman–Crippen MR) is 119 cm³/mol. The summed E-state index contributed by atoms with van der Waals surface area (Å²) in [5, 5.41) is 14.7. The lowest BCUT2D eigenvalue weighted by molar-refractivity contribution is 0.0852. The third kappa shape index (κ3) is 4.55. The average Bonchev–Trinajstić information content (AvgIpc) is 2.80. The summed E-state index contributed by atoms with van der Waals surface area (Å²) in [5.74, 6) is 2.00. The van der Waals surface area contributed by atoms with Crippen molar-refractivity contribution in [1.82, 2.24) is 15.3 Å². The molecule has 30 heavy (non-hydrogen) atoms. The van der Waals surface area contributed by atoms with Crippen molar-refractivity contribution in [2.24, 2.45) is 0 Å². The Hall–Kier alpha value is -2.71. The lowest BCUT2D eigenvalue weighted by atomic mass is 9.87. The van der Waals surface area contributed by atoms with E-state index >= 15 is 0 Å². The number of nitrogens with zero attached hydrogens (tertiary/aromatic N) is 3. The number of aromatic nitrogens is 2. The van der Waals surface area contributed by atoms with Gasteiger partial charge in [0.1, 0.15) is 11.6 Å². The van der Waals surface area contributed by atoms with Crippen molar-refractivity contribution in [2.75, 3.05) is 56.7 Å². The minimum absolute atomic E-state index is 0.335. The number of piperazine rings is 1. The molecule has 2 saturated heterocycles. The maximum absolute atomic E-state index is 7.89. The number of hydrogen-bond acceptors (Lipinski definition) is 8. The van der Waals surface area contributed by atoms with E-state index in [-0.39, 0.29) is 0 Å². The van der Waals surface area contributed by atoms with Crippen molar-refractivity contribution in [3.05, 3.63) is 34.9 Å². The van der Waals surface area contributed by atoms with Gasteiger partial charge in [0.15, 0.2) is 0 Å². The molecular weight excluding hydrogens is 380 g/mol. The summed E-state index contributed by atoms with van der Waals surface area (Å²) in [6, 6.07) is 6.54. The number of methoxy groups -OCH3 is 1. The first-order valence-corrected chi connectivity index (χ1v) is 10.6. The molecule has 0 radical (unpaired) electrons. The van der Waals surface area contributed by atoms with Gasteiger partial charge in [0, 0.05) is 62.9 Å². The van der Waals surface area contributed by atoms with Crippen LogP contribution in [0.3, 0.4) is 0 Å². The molecule has 0 bridgehead atoms. The highest BCUT2D eigenvalue weighted by atomic mass is 16.5. The van der Waals surface area contributed by atoms with Crippen molar-refractivity contribution in [1.29, 1.82) is 5.41 Å². The molecule has 0 aliphatic carbocycles. The smallest absolute Gasteiger partial charge is 0.320 e. The van der Waals surface area contributed by atoms with Crippen LogP contribution < -0.4 is 20.3 Å². The van der Waals surface area contributed by atoms with E-state index in [4.69, 9.17) is 14.9 Å². The van der Waals surface area contributed by atoms with E-state index < -0.39 is 0 Å². The lowest BCUT2D eigenvalue weighted by Crippen LogP contribution is -2.43. The molecule has 2 fully saturated rings. The van der Waals surface area contributed by atoms with Gasteiger partial charge in [0.05, 0.1) is 7.11 Å². The van der Waals surface area contributed by atoms with Gasteiger partial charge in [-0.15, -0.1) is 0 Å². The zero-order valence-corrected chi connectivity index (χ0v) is 17.7. The lowest BCUT2D eigenvalue weighted by Gasteiger charge is -2.28. The minimum atomic E-state index is 0.335. The molecule has 3 heterocycles. The first-order valence-electron chi connectivity index (χ1n) is 10.6. The molecule has 0 amide bonds. The van der Waals surface area contributed by atoms with Crippen LogP contribution in [0.15, 0.2) is 18.2 Å². The molecule has 1 aromatic carbocycles. The number of aryl methyl sites for hydroxylation is 1. The van der Waals surface area contributed by atoms with Crippen LogP contribution in [0.25, 0.3) is 0 Å². The summed E-state index contributed by atoms with van der Waals surface area (Å²) in [6.45, 7) is 7.37. The van der Waals surface area contributed by atoms with E-state index in [2.05, 4.69) is 44.6 Å². The summed E-state index contributed by atoms with van der Waals surface area (Å²) in [5.41, 5.74) is 4.25. The third-order valence-corrected chi connectivity index (χ3v) is 5.83. The second-order valence-electron chi connectivity index (χ2n) is 7.79. The second kappa shape index (κ2) is 9.40. The molecule has 2 aliphatic rings. The van der Waals surface area contributed by atoms with E-state index in [1.54, 1.807) is 7.11 Å². The Labute approximate surface area is 177 Å². The van der Waals surface area contributed by atoms with Crippen LogP contribution in [-0.2, 0) is 4.74 Å². The topological polar surface area (TPSA) is 95.4 Å². The number of nitrogens with one attached hydrogen (secondary N) is 3. The van der Waals surface area contributed by atoms with Crippen LogP contribution in [0.1, 0.15) is 35.4 Å². The number of hydrogen-bond donors (Lipinski definition) is 3. The van der Waals surface area contributed by atoms with Crippen molar-refractivity contribution in [3.8, 4) is 6.01 Å². The first-order chi connectivity index (χ1) is 14.7. The fourth-order valence-electron chi connectivity index (χ4n) is 4.19. The molecule has 0 atom stereocenters. The van der Waals surface area contributed by atoms with E-state index in [0.717, 1.165) is 69.3 Å². The Morgan fingerprint density at radius 2 is 1.97 bits per heavy atom. The first kappa shape index (κ1) is 20.6. The zero-order valence-electron chi connectivity index (χ0n) is 17.7. The molecule has 160 valence electrons. The minimum Gasteiger partial charge on any atom is -0.467 e. The van der Waals surface area contributed by atoms with Crippen LogP contribution in [0, 0.1) is 12.3 Å². The molecule has 2 aliphatic heterocycles. The maximum atomic E-state index is 7.89. The summed E-state index contributed by atoms with van der Waals surface area (Å²) in [4.78, 5) is 11.3. The van der Waals surface area contributed by atoms with Crippen LogP contribution in [-0.4, -0.2) is 62.7 Å². The summed E-state index contributed by atoms with van der Waals surface area (Å²) in [7, 11) is 1.58. The van der Waals surface area contributed by atoms with Crippen LogP contribution in [0.5, 0.6) is 6.01 Å². The zero-order chi connectivity index (χ0) is 20.9. The van der Waals surface area contributed by atoms with E-state index in [9.17, 15) is 0 Å². The third-order valence-electron chi connectivity index (χ3n) is 5.83. The number of anilines is 3. The number of rotatable bonds is 6. The average molecular weight is 411 g/mol. The molecular formula is C22H30N6O2. The van der Waals surface area contributed by atoms with E-state index in [0.29, 0.717) is 17.7 Å². The predicted octanol–water partition coefficient (Wildman–Crippen LogP) is 2.84. The van der Waals surface area contributed by atoms with Crippen molar-refractivity contribution in [3.63, 3.8) is 0 Å². The monoisotopic (exact) mass is 410 g/mol. The number of benzene rings is 1. The molecule has 0 unspecified atom stereocenters. The molecule has 0 spiro atoms. The van der Waals surface area contributed by atoms with Crippen LogP contribution in [0.2, 0.25) is 0 Å². The molecule has 4 rings (SSSR count). The summed E-state index contributed by atoms with van der Waals surface area (Å²) in [6.07, 6.45) is 3.44. The number of ether oxygens (including phenoxy) is 2. The van der Waals surface area contributed by atoms with Crippen molar-refractivity contribution in [2.45, 2.75) is 25.7 Å². The Bertz CT molecular complexity index is 891. The SMILES string of the molecule is COc1nc(Nc2cc(C3CCOCC3)c(C)cc2C=N)cc(N2CCNCC2)n1. The Morgan fingerprint density at radius 3 is 2.67 bits per heavy atom. The summed E-state index contributed by atoms with van der Waals surface area (Å²) >= 11 is 0. The maximum Gasteiger partial charge on any atom is 0.320 e. The fraction of sp³-hybridized carbons (Fsp3) is 0.500. The quantitative estimate of drug-likeness (QED) is 0.630. The fourth-order valence-corrected chi connectivity index (χ4v) is 4.19. The molecule has 1 aromatic heterocycles. The highest BCUT2D eigenvalue weighted by Crippen LogP contribution is 2.34. The highest BCUT2D eigenvalue weighted by Gasteiger charge is 2.20. The summed E-state index contributed by atoms with van der Waals surface area (Å²) < 4.78 is 10.9. The van der Waals surface area contributed by atoms with E-state index in [1.165, 1.54) is 17.3 Å². The van der Waals surface area contributed by atoms with Gasteiger partial charge in [-0.1, -0.05) is 0 Å². The van der Waals surface area contributed by atoms with Crippen LogP contribution >= 0.6 is 0 Å². The standard InChI is InChI=1S/C22H30N6O2/c1-15-11-17(14-23)19(12-18(15)16-3-9-30-10-4-16)25-20-13-21(27-22(26-20)29-2)28-7-5-24-6-8-28/h11-14,16,23-24H,3-10H2,1-2H3,(H,25,26,27). The van der Waals surface area contributed by atoms with Gasteiger partial charge < -0.3 is 30.4 Å². The highest BCUT2D eigenvalue weighted by molar-refractivity contribution is 5.88. The van der Waals surface area contributed by atoms with Crippen molar-refractivity contribution >= 4 is 23.5 Å². The van der Waals surface area contributed by atoms with Gasteiger partial charge in [-0.2, -0.15) is 9.97 Å². The normalized spacial score (nSPS) is 17.6. The Kier molecular flexibility index (Phi) is 6.44. The van der Waals surface area contributed by atoms with Gasteiger partial charge >= 0.3 is 6.01 Å². The van der Waals surface area contributed by atoms with Gasteiger partial charge in [-0.25, -0.2) is 0 Å². The van der Waals surface area contributed by atoms with Crippen molar-refractivity contribution < 1.29 is 9.47 Å². The van der Waals surface area contributed by atoms with Crippen LogP contribution in [0.4, 0.5) is 17.3 Å². The van der Waals surface area contributed by atoms with Gasteiger partial charge in [-0.05, 0) is 48.9 Å². The Balaban J connectivity index is 1.66. The largest absolute Gasteiger partial charge is 0.467 e. The van der Waals surface area contributed by atoms with Gasteiger partial charge in [0.25, 0.3) is 0 Å². The van der Waals surface area contributed by atoms with E-state index in [1.807, 2.05) is 6.07 Å². The molecule has 3 N–H and O–H groups in total. The van der Waals surface area contributed by atoms with Gasteiger partial charge in [-0.3, -0.25) is 0 Å². The molecule has 0 saturated carbocycles. The second-order valence-corrected chi connectivity index (χ2v) is 7.79. The molecule has 8 nitrogen and oxygen atoms in total. The molecule has 8 heteroatoms. The molecule has 2 aromatic rings.